The topological polar surface area (TPSA) is 64.4 Å². The normalized spacial score (nSPS) is 22.8. The summed E-state index contributed by atoms with van der Waals surface area (Å²) in [6.07, 6.45) is 3.56. The Morgan fingerprint density at radius 1 is 1.44 bits per heavy atom. The lowest BCUT2D eigenvalue weighted by Gasteiger charge is -2.18. The van der Waals surface area contributed by atoms with E-state index in [-0.39, 0.29) is 5.69 Å². The van der Waals surface area contributed by atoms with E-state index in [2.05, 4.69) is 12.2 Å². The molecule has 0 amide bonds. The summed E-state index contributed by atoms with van der Waals surface area (Å²) < 4.78 is 4.98. The fourth-order valence-electron chi connectivity index (χ4n) is 2.50. The van der Waals surface area contributed by atoms with Crippen molar-refractivity contribution >= 4 is 11.4 Å². The minimum atomic E-state index is -0.415. The number of nitro benzene ring substituents is 1. The lowest BCUT2D eigenvalue weighted by molar-refractivity contribution is -0.385. The number of nitrogens with one attached hydrogen (secondary N) is 1. The zero-order chi connectivity index (χ0) is 13.1. The van der Waals surface area contributed by atoms with Crippen LogP contribution in [0.3, 0.4) is 0 Å². The number of hydrogen-bond donors (Lipinski definition) is 1. The van der Waals surface area contributed by atoms with Crippen molar-refractivity contribution in [2.75, 3.05) is 12.4 Å². The van der Waals surface area contributed by atoms with E-state index in [4.69, 9.17) is 4.74 Å². The average Bonchev–Trinajstić information content (AvgIpc) is 2.75. The molecule has 1 aliphatic carbocycles. The Hall–Kier alpha value is -1.78. The van der Waals surface area contributed by atoms with Crippen LogP contribution in [-0.4, -0.2) is 18.1 Å². The van der Waals surface area contributed by atoms with Gasteiger partial charge >= 0.3 is 5.69 Å². The zero-order valence-corrected chi connectivity index (χ0v) is 10.7. The number of anilines is 1. The van der Waals surface area contributed by atoms with Crippen molar-refractivity contribution in [2.45, 2.75) is 32.2 Å². The van der Waals surface area contributed by atoms with Gasteiger partial charge in [-0.05, 0) is 30.9 Å². The predicted molar refractivity (Wildman–Crippen MR) is 70.1 cm³/mol. The first kappa shape index (κ1) is 12.7. The van der Waals surface area contributed by atoms with E-state index in [0.29, 0.717) is 17.7 Å². The van der Waals surface area contributed by atoms with E-state index in [9.17, 15) is 10.1 Å². The van der Waals surface area contributed by atoms with Crippen LogP contribution in [0.5, 0.6) is 5.75 Å². The van der Waals surface area contributed by atoms with Gasteiger partial charge < -0.3 is 10.1 Å². The lowest BCUT2D eigenvalue weighted by atomic mass is 10.1. The molecule has 2 unspecified atom stereocenters. The molecule has 0 radical (unpaired) electrons. The number of nitro groups is 1. The zero-order valence-electron chi connectivity index (χ0n) is 10.7. The second kappa shape index (κ2) is 5.25. The summed E-state index contributed by atoms with van der Waals surface area (Å²) in [7, 11) is 1.44. The molecule has 0 heterocycles. The third-order valence-electron chi connectivity index (χ3n) is 3.59. The van der Waals surface area contributed by atoms with Crippen LogP contribution in [-0.2, 0) is 0 Å². The van der Waals surface area contributed by atoms with Crippen LogP contribution in [0.2, 0.25) is 0 Å². The Kier molecular flexibility index (Phi) is 3.69. The molecule has 1 saturated carbocycles. The van der Waals surface area contributed by atoms with Gasteiger partial charge in [-0.15, -0.1) is 0 Å². The van der Waals surface area contributed by atoms with Crippen LogP contribution in [0.4, 0.5) is 11.4 Å². The monoisotopic (exact) mass is 250 g/mol. The minimum Gasteiger partial charge on any atom is -0.490 e. The van der Waals surface area contributed by atoms with Crippen molar-refractivity contribution in [3.63, 3.8) is 0 Å². The van der Waals surface area contributed by atoms with Gasteiger partial charge in [-0.3, -0.25) is 10.1 Å². The highest BCUT2D eigenvalue weighted by Crippen LogP contribution is 2.32. The molecule has 1 aromatic carbocycles. The summed E-state index contributed by atoms with van der Waals surface area (Å²) in [6, 6.07) is 5.43. The Bertz CT molecular complexity index is 448. The molecule has 0 saturated heterocycles. The molecule has 18 heavy (non-hydrogen) atoms. The van der Waals surface area contributed by atoms with E-state index in [1.165, 1.54) is 20.0 Å². The van der Waals surface area contributed by atoms with Crippen LogP contribution < -0.4 is 10.1 Å². The average molecular weight is 250 g/mol. The maximum absolute atomic E-state index is 10.9. The minimum absolute atomic E-state index is 0.00755. The van der Waals surface area contributed by atoms with Gasteiger partial charge in [0.15, 0.2) is 5.75 Å². The molecule has 98 valence electrons. The second-order valence-corrected chi connectivity index (χ2v) is 4.80. The number of nitrogens with zero attached hydrogens (tertiary/aromatic N) is 1. The molecular formula is C13H18N2O3. The Morgan fingerprint density at radius 3 is 2.78 bits per heavy atom. The molecule has 1 N–H and O–H groups in total. The summed E-state index contributed by atoms with van der Waals surface area (Å²) in [4.78, 5) is 10.5. The third kappa shape index (κ3) is 2.55. The highest BCUT2D eigenvalue weighted by Gasteiger charge is 2.24. The van der Waals surface area contributed by atoms with E-state index in [1.807, 2.05) is 6.07 Å². The highest BCUT2D eigenvalue weighted by atomic mass is 16.6. The van der Waals surface area contributed by atoms with Gasteiger partial charge in [-0.1, -0.05) is 13.3 Å². The van der Waals surface area contributed by atoms with Crippen molar-refractivity contribution in [3.05, 3.63) is 28.3 Å². The SMILES string of the molecule is COc1ccc(NC2CCCC2C)cc1[N+](=O)[O-]. The van der Waals surface area contributed by atoms with Crippen LogP contribution in [0.15, 0.2) is 18.2 Å². The second-order valence-electron chi connectivity index (χ2n) is 4.80. The molecule has 5 heteroatoms. The van der Waals surface area contributed by atoms with E-state index >= 15 is 0 Å². The van der Waals surface area contributed by atoms with Crippen molar-refractivity contribution < 1.29 is 9.66 Å². The van der Waals surface area contributed by atoms with E-state index < -0.39 is 4.92 Å². The molecule has 1 fully saturated rings. The van der Waals surface area contributed by atoms with Crippen LogP contribution in [0, 0.1) is 16.0 Å². The quantitative estimate of drug-likeness (QED) is 0.658. The maximum Gasteiger partial charge on any atom is 0.312 e. The molecule has 0 spiro atoms. The number of methoxy groups -OCH3 is 1. The number of ether oxygens (including phenoxy) is 1. The van der Waals surface area contributed by atoms with Crippen LogP contribution in [0.1, 0.15) is 26.2 Å². The molecule has 0 aromatic heterocycles. The van der Waals surface area contributed by atoms with Gasteiger partial charge in [0, 0.05) is 17.8 Å². The van der Waals surface area contributed by atoms with Crippen LogP contribution >= 0.6 is 0 Å². The fourth-order valence-corrected chi connectivity index (χ4v) is 2.50. The summed E-state index contributed by atoms with van der Waals surface area (Å²) in [5.41, 5.74) is 0.800. The lowest BCUT2D eigenvalue weighted by Crippen LogP contribution is -2.21. The van der Waals surface area contributed by atoms with Crippen molar-refractivity contribution in [2.24, 2.45) is 5.92 Å². The highest BCUT2D eigenvalue weighted by molar-refractivity contribution is 5.58. The summed E-state index contributed by atoms with van der Waals surface area (Å²) in [6.45, 7) is 2.21. The number of benzene rings is 1. The summed E-state index contributed by atoms with van der Waals surface area (Å²) in [5.74, 6) is 0.913. The first-order valence-electron chi connectivity index (χ1n) is 6.21. The van der Waals surface area contributed by atoms with E-state index in [1.54, 1.807) is 12.1 Å². The first-order chi connectivity index (χ1) is 8.61. The van der Waals surface area contributed by atoms with Crippen molar-refractivity contribution in [1.29, 1.82) is 0 Å². The predicted octanol–water partition coefficient (Wildman–Crippen LogP) is 3.20. The molecule has 2 atom stereocenters. The summed E-state index contributed by atoms with van der Waals surface area (Å²) >= 11 is 0. The smallest absolute Gasteiger partial charge is 0.312 e. The molecule has 1 aromatic rings. The standard InChI is InChI=1S/C13H18N2O3/c1-9-4-3-5-11(9)14-10-6-7-13(18-2)12(8-10)15(16)17/h6-9,11,14H,3-5H2,1-2H3. The molecular weight excluding hydrogens is 232 g/mol. The Morgan fingerprint density at radius 2 is 2.22 bits per heavy atom. The van der Waals surface area contributed by atoms with Gasteiger partial charge in [0.05, 0.1) is 12.0 Å². The van der Waals surface area contributed by atoms with Gasteiger partial charge in [0.25, 0.3) is 0 Å². The third-order valence-corrected chi connectivity index (χ3v) is 3.59. The van der Waals surface area contributed by atoms with E-state index in [0.717, 1.165) is 12.1 Å². The largest absolute Gasteiger partial charge is 0.490 e. The molecule has 0 aliphatic heterocycles. The summed E-state index contributed by atoms with van der Waals surface area (Å²) in [5, 5.41) is 14.3. The van der Waals surface area contributed by atoms with Gasteiger partial charge in [0.2, 0.25) is 0 Å². The fraction of sp³-hybridized carbons (Fsp3) is 0.538. The molecule has 2 rings (SSSR count). The molecule has 5 nitrogen and oxygen atoms in total. The van der Waals surface area contributed by atoms with Crippen LogP contribution in [0.25, 0.3) is 0 Å². The number of hydrogen-bond acceptors (Lipinski definition) is 4. The number of rotatable bonds is 4. The Labute approximate surface area is 106 Å². The van der Waals surface area contributed by atoms with Gasteiger partial charge in [0.1, 0.15) is 0 Å². The first-order valence-corrected chi connectivity index (χ1v) is 6.21. The van der Waals surface area contributed by atoms with Crippen molar-refractivity contribution in [1.82, 2.24) is 0 Å². The van der Waals surface area contributed by atoms with Gasteiger partial charge in [-0.25, -0.2) is 0 Å². The maximum atomic E-state index is 10.9. The Balaban J connectivity index is 2.18. The molecule has 0 bridgehead atoms. The van der Waals surface area contributed by atoms with Gasteiger partial charge in [-0.2, -0.15) is 0 Å². The molecule has 1 aliphatic rings. The van der Waals surface area contributed by atoms with Crippen molar-refractivity contribution in [3.8, 4) is 5.75 Å².